The maximum atomic E-state index is 0. The van der Waals surface area contributed by atoms with Crippen molar-refractivity contribution in [3.63, 3.8) is 0 Å². The van der Waals surface area contributed by atoms with Crippen molar-refractivity contribution in [2.75, 3.05) is 0 Å². The molecule has 0 nitrogen and oxygen atoms in total. The molecule has 0 aliphatic carbocycles. The van der Waals surface area contributed by atoms with Crippen molar-refractivity contribution in [2.45, 2.75) is 14.9 Å². The van der Waals surface area contributed by atoms with Crippen LogP contribution in [0.15, 0.2) is 0 Å². The van der Waals surface area contributed by atoms with Gasteiger partial charge in [-0.15, -0.1) is 49.6 Å². The normalized spacial score (nSPS) is 0. The van der Waals surface area contributed by atoms with Crippen LogP contribution in [0.5, 0.6) is 0 Å². The van der Waals surface area contributed by atoms with Crippen molar-refractivity contribution in [3.8, 4) is 0 Å². The van der Waals surface area contributed by atoms with Gasteiger partial charge in [0.15, 0.2) is 0 Å². The van der Waals surface area contributed by atoms with Crippen molar-refractivity contribution >= 4 is 49.6 Å². The average molecular weight is 202 g/mol. The monoisotopic (exact) mass is 200 g/mol. The summed E-state index contributed by atoms with van der Waals surface area (Å²) in [4.78, 5) is 0. The fourth-order valence-electron chi connectivity index (χ4n) is 0. The standard InChI is InChI=1S/2CH4.4ClH.Na.H/h2*1H4;4*1H;;/q;;;;;;+1;-1. The zero-order valence-electron chi connectivity index (χ0n) is 3.63. The van der Waals surface area contributed by atoms with Gasteiger partial charge < -0.3 is 1.43 Å². The summed E-state index contributed by atoms with van der Waals surface area (Å²) in [6, 6.07) is 0. The second-order valence-corrected chi connectivity index (χ2v) is 0. The van der Waals surface area contributed by atoms with Crippen LogP contribution in [0.25, 0.3) is 0 Å². The van der Waals surface area contributed by atoms with Crippen molar-refractivity contribution in [1.82, 2.24) is 0 Å². The molecule has 0 aromatic carbocycles. The summed E-state index contributed by atoms with van der Waals surface area (Å²) >= 11 is 0. The number of hydrogen-bond acceptors (Lipinski definition) is 0. The average Bonchev–Trinajstić information content (AvgIpc) is 0. The van der Waals surface area contributed by atoms with Crippen LogP contribution < -0.4 is 29.6 Å². The van der Waals surface area contributed by atoms with Crippen molar-refractivity contribution in [1.29, 1.82) is 0 Å². The fourth-order valence-corrected chi connectivity index (χ4v) is 0. The Morgan fingerprint density at radius 1 is 0.571 bits per heavy atom. The molecule has 0 heterocycles. The Balaban J connectivity index is 0. The van der Waals surface area contributed by atoms with Gasteiger partial charge >= 0.3 is 29.6 Å². The molecule has 50 valence electrons. The minimum atomic E-state index is 0. The van der Waals surface area contributed by atoms with E-state index in [1.54, 1.807) is 0 Å². The van der Waals surface area contributed by atoms with E-state index in [0.717, 1.165) is 0 Å². The molecular formula is C2H13Cl4Na. The molecule has 0 aliphatic rings. The first-order chi connectivity index (χ1) is 0. The molecule has 0 rings (SSSR count). The molecule has 0 fully saturated rings. The molecule has 0 N–H and O–H groups in total. The predicted octanol–water partition coefficient (Wildman–Crippen LogP) is 0.0759. The summed E-state index contributed by atoms with van der Waals surface area (Å²) in [6.07, 6.45) is 0. The van der Waals surface area contributed by atoms with Crippen LogP contribution in [0, 0.1) is 0 Å². The summed E-state index contributed by atoms with van der Waals surface area (Å²) < 4.78 is 0. The molecule has 0 amide bonds. The van der Waals surface area contributed by atoms with E-state index in [1.807, 2.05) is 0 Å². The van der Waals surface area contributed by atoms with Crippen LogP contribution in [0.4, 0.5) is 0 Å². The van der Waals surface area contributed by atoms with Gasteiger partial charge in [-0.05, 0) is 0 Å². The molecule has 0 unspecified atom stereocenters. The third kappa shape index (κ3) is 66.4. The number of rotatable bonds is 0. The zero-order chi connectivity index (χ0) is 0. The maximum Gasteiger partial charge on any atom is 1.00 e. The molecule has 0 saturated carbocycles. The first-order valence-electron chi connectivity index (χ1n) is 0. The molecule has 0 radical (unpaired) electrons. The van der Waals surface area contributed by atoms with Crippen LogP contribution >= 0.6 is 49.6 Å². The second-order valence-electron chi connectivity index (χ2n) is 0. The van der Waals surface area contributed by atoms with Crippen molar-refractivity contribution in [2.24, 2.45) is 0 Å². The molecule has 0 saturated heterocycles. The molecule has 0 atom stereocenters. The Bertz CT molecular complexity index is 14.0. The summed E-state index contributed by atoms with van der Waals surface area (Å²) in [7, 11) is 0. The van der Waals surface area contributed by atoms with E-state index >= 15 is 0 Å². The fraction of sp³-hybridized carbons (Fsp3) is 1.00. The SMILES string of the molecule is C.C.Cl.Cl.Cl.Cl.[H-].[Na+]. The van der Waals surface area contributed by atoms with Gasteiger partial charge in [0.05, 0.1) is 0 Å². The van der Waals surface area contributed by atoms with Gasteiger partial charge in [0.2, 0.25) is 0 Å². The third-order valence-electron chi connectivity index (χ3n) is 0. The summed E-state index contributed by atoms with van der Waals surface area (Å²) in [5.74, 6) is 0. The maximum absolute atomic E-state index is 0. The molecular weight excluding hydrogens is 189 g/mol. The predicted molar refractivity (Wildman–Crippen MR) is 43.6 cm³/mol. The second kappa shape index (κ2) is 89.7. The molecule has 0 spiro atoms. The van der Waals surface area contributed by atoms with E-state index < -0.39 is 0 Å². The number of halogens is 4. The van der Waals surface area contributed by atoms with E-state index in [2.05, 4.69) is 0 Å². The van der Waals surface area contributed by atoms with Crippen LogP contribution in [0.3, 0.4) is 0 Å². The molecule has 0 bridgehead atoms. The van der Waals surface area contributed by atoms with E-state index in [0.29, 0.717) is 0 Å². The first-order valence-corrected chi connectivity index (χ1v) is 0. The van der Waals surface area contributed by atoms with E-state index in [1.165, 1.54) is 0 Å². The number of hydrogen-bond donors (Lipinski definition) is 0. The van der Waals surface area contributed by atoms with E-state index in [-0.39, 0.29) is 95.5 Å². The molecule has 0 aliphatic heterocycles. The molecule has 0 aromatic rings. The van der Waals surface area contributed by atoms with Gasteiger partial charge in [0.1, 0.15) is 0 Å². The van der Waals surface area contributed by atoms with Crippen LogP contribution in [0.1, 0.15) is 16.3 Å². The Kier molecular flexibility index (Phi) is 1670. The Morgan fingerprint density at radius 2 is 0.571 bits per heavy atom. The van der Waals surface area contributed by atoms with Crippen LogP contribution in [0.2, 0.25) is 0 Å². The molecule has 0 aromatic heterocycles. The summed E-state index contributed by atoms with van der Waals surface area (Å²) in [5.41, 5.74) is 0. The van der Waals surface area contributed by atoms with Gasteiger partial charge in [0.25, 0.3) is 0 Å². The minimum Gasteiger partial charge on any atom is -1.00 e. The van der Waals surface area contributed by atoms with Gasteiger partial charge in [-0.1, -0.05) is 14.9 Å². The van der Waals surface area contributed by atoms with Gasteiger partial charge in [-0.25, -0.2) is 0 Å². The van der Waals surface area contributed by atoms with Gasteiger partial charge in [-0.3, -0.25) is 0 Å². The van der Waals surface area contributed by atoms with E-state index in [9.17, 15) is 0 Å². The van der Waals surface area contributed by atoms with Crippen molar-refractivity contribution < 1.29 is 31.0 Å². The van der Waals surface area contributed by atoms with Crippen molar-refractivity contribution in [3.05, 3.63) is 0 Å². The molecule has 7 heavy (non-hydrogen) atoms. The molecule has 5 heteroatoms. The van der Waals surface area contributed by atoms with Crippen LogP contribution in [-0.4, -0.2) is 0 Å². The Hall–Kier alpha value is 2.16. The minimum absolute atomic E-state index is 0. The Morgan fingerprint density at radius 3 is 0.571 bits per heavy atom. The van der Waals surface area contributed by atoms with Gasteiger partial charge in [-0.2, -0.15) is 0 Å². The first kappa shape index (κ1) is 131. The smallest absolute Gasteiger partial charge is 1.00 e. The Labute approximate surface area is 94.6 Å². The summed E-state index contributed by atoms with van der Waals surface area (Å²) in [6.45, 7) is 0. The largest absolute Gasteiger partial charge is 1.00 e. The summed E-state index contributed by atoms with van der Waals surface area (Å²) in [5, 5.41) is 0. The quantitative estimate of drug-likeness (QED) is 0.488. The van der Waals surface area contributed by atoms with E-state index in [4.69, 9.17) is 0 Å². The van der Waals surface area contributed by atoms with Crippen LogP contribution in [-0.2, 0) is 0 Å². The third-order valence-corrected chi connectivity index (χ3v) is 0. The van der Waals surface area contributed by atoms with Gasteiger partial charge in [0, 0.05) is 0 Å². The zero-order valence-corrected chi connectivity index (χ0v) is 7.90. The topological polar surface area (TPSA) is 0 Å².